The van der Waals surface area contributed by atoms with Crippen molar-refractivity contribution < 1.29 is 14.3 Å². The van der Waals surface area contributed by atoms with Crippen molar-refractivity contribution in [3.05, 3.63) is 65.7 Å². The van der Waals surface area contributed by atoms with Crippen LogP contribution < -0.4 is 10.1 Å². The molecule has 5 heteroatoms. The molecule has 0 radical (unpaired) electrons. The Bertz CT molecular complexity index is 860. The van der Waals surface area contributed by atoms with E-state index in [1.165, 1.54) is 0 Å². The number of rotatable bonds is 6. The fourth-order valence-electron chi connectivity index (χ4n) is 4.79. The second-order valence-electron chi connectivity index (χ2n) is 8.41. The van der Waals surface area contributed by atoms with Crippen molar-refractivity contribution in [3.8, 4) is 5.75 Å². The smallest absolute Gasteiger partial charge is 0.225 e. The SMILES string of the molecule is COc1ccc([C@@H]2CN(C(=O)C3CCCC3)C[C@@H]2C(=O)NCc2ccccc2)cc1. The van der Waals surface area contributed by atoms with Crippen LogP contribution in [-0.4, -0.2) is 36.9 Å². The van der Waals surface area contributed by atoms with Gasteiger partial charge in [0.2, 0.25) is 11.8 Å². The van der Waals surface area contributed by atoms with Crippen LogP contribution in [0, 0.1) is 11.8 Å². The van der Waals surface area contributed by atoms with Gasteiger partial charge in [0, 0.05) is 31.5 Å². The van der Waals surface area contributed by atoms with Gasteiger partial charge in [-0.1, -0.05) is 55.3 Å². The van der Waals surface area contributed by atoms with Crippen LogP contribution in [-0.2, 0) is 16.1 Å². The number of carbonyl (C=O) groups is 2. The van der Waals surface area contributed by atoms with Gasteiger partial charge in [0.1, 0.15) is 5.75 Å². The first-order valence-electron chi connectivity index (χ1n) is 10.9. The van der Waals surface area contributed by atoms with Crippen molar-refractivity contribution in [2.45, 2.75) is 38.1 Å². The van der Waals surface area contributed by atoms with Crippen LogP contribution in [0.25, 0.3) is 0 Å². The van der Waals surface area contributed by atoms with Gasteiger partial charge in [-0.3, -0.25) is 9.59 Å². The third kappa shape index (κ3) is 4.50. The van der Waals surface area contributed by atoms with Crippen molar-refractivity contribution in [3.63, 3.8) is 0 Å². The molecule has 5 nitrogen and oxygen atoms in total. The van der Waals surface area contributed by atoms with Gasteiger partial charge >= 0.3 is 0 Å². The molecular weight excluding hydrogens is 376 g/mol. The molecule has 0 spiro atoms. The molecule has 1 saturated heterocycles. The van der Waals surface area contributed by atoms with E-state index in [4.69, 9.17) is 4.74 Å². The lowest BCUT2D eigenvalue weighted by Crippen LogP contribution is -2.36. The molecule has 4 rings (SSSR count). The number of nitrogens with zero attached hydrogens (tertiary/aromatic N) is 1. The second kappa shape index (κ2) is 9.33. The van der Waals surface area contributed by atoms with Gasteiger partial charge in [-0.2, -0.15) is 0 Å². The highest BCUT2D eigenvalue weighted by Gasteiger charge is 2.42. The normalized spacial score (nSPS) is 21.6. The van der Waals surface area contributed by atoms with E-state index in [1.807, 2.05) is 59.5 Å². The summed E-state index contributed by atoms with van der Waals surface area (Å²) < 4.78 is 5.28. The average molecular weight is 407 g/mol. The number of hydrogen-bond acceptors (Lipinski definition) is 3. The van der Waals surface area contributed by atoms with Gasteiger partial charge in [0.25, 0.3) is 0 Å². The van der Waals surface area contributed by atoms with E-state index in [0.29, 0.717) is 19.6 Å². The van der Waals surface area contributed by atoms with Crippen LogP contribution in [0.3, 0.4) is 0 Å². The summed E-state index contributed by atoms with van der Waals surface area (Å²) in [5.41, 5.74) is 2.15. The monoisotopic (exact) mass is 406 g/mol. The summed E-state index contributed by atoms with van der Waals surface area (Å²) >= 11 is 0. The Kier molecular flexibility index (Phi) is 6.36. The summed E-state index contributed by atoms with van der Waals surface area (Å²) in [6.07, 6.45) is 4.22. The molecule has 2 aliphatic rings. The third-order valence-corrected chi connectivity index (χ3v) is 6.53. The molecule has 1 saturated carbocycles. The Labute approximate surface area is 178 Å². The predicted molar refractivity (Wildman–Crippen MR) is 116 cm³/mol. The molecular formula is C25H30N2O3. The van der Waals surface area contributed by atoms with Crippen LogP contribution in [0.4, 0.5) is 0 Å². The summed E-state index contributed by atoms with van der Waals surface area (Å²) in [6.45, 7) is 1.60. The number of ether oxygens (including phenoxy) is 1. The van der Waals surface area contributed by atoms with Crippen molar-refractivity contribution >= 4 is 11.8 Å². The van der Waals surface area contributed by atoms with Crippen molar-refractivity contribution in [1.29, 1.82) is 0 Å². The maximum absolute atomic E-state index is 13.1. The Morgan fingerprint density at radius 1 is 1.00 bits per heavy atom. The lowest BCUT2D eigenvalue weighted by atomic mass is 9.88. The Hall–Kier alpha value is -2.82. The molecule has 1 N–H and O–H groups in total. The molecule has 158 valence electrons. The first-order chi connectivity index (χ1) is 14.7. The highest BCUT2D eigenvalue weighted by Crippen LogP contribution is 2.36. The number of hydrogen-bond donors (Lipinski definition) is 1. The molecule has 2 aromatic carbocycles. The number of carbonyl (C=O) groups excluding carboxylic acids is 2. The summed E-state index contributed by atoms with van der Waals surface area (Å²) in [5.74, 6) is 0.920. The third-order valence-electron chi connectivity index (χ3n) is 6.53. The molecule has 0 aromatic heterocycles. The van der Waals surface area contributed by atoms with Crippen molar-refractivity contribution in [1.82, 2.24) is 10.2 Å². The first-order valence-corrected chi connectivity index (χ1v) is 10.9. The molecule has 2 aromatic rings. The van der Waals surface area contributed by atoms with Gasteiger partial charge < -0.3 is 15.0 Å². The molecule has 2 amide bonds. The van der Waals surface area contributed by atoms with Crippen LogP contribution in [0.2, 0.25) is 0 Å². The van der Waals surface area contributed by atoms with E-state index in [1.54, 1.807) is 7.11 Å². The minimum absolute atomic E-state index is 0.00275. The standard InChI is InChI=1S/C25H30N2O3/c1-30-21-13-11-19(12-14-21)22-16-27(25(29)20-9-5-6-10-20)17-23(22)24(28)26-15-18-7-3-2-4-8-18/h2-4,7-8,11-14,20,22-23H,5-6,9-10,15-17H2,1H3,(H,26,28)/t22-,23-/m0/s1. The zero-order valence-electron chi connectivity index (χ0n) is 17.5. The molecule has 30 heavy (non-hydrogen) atoms. The number of amides is 2. The first kappa shape index (κ1) is 20.5. The Balaban J connectivity index is 1.50. The molecule has 2 atom stereocenters. The summed E-state index contributed by atoms with van der Waals surface area (Å²) in [5, 5.41) is 3.09. The van der Waals surface area contributed by atoms with E-state index >= 15 is 0 Å². The van der Waals surface area contributed by atoms with E-state index in [9.17, 15) is 9.59 Å². The second-order valence-corrected chi connectivity index (χ2v) is 8.41. The molecule has 2 fully saturated rings. The maximum atomic E-state index is 13.1. The topological polar surface area (TPSA) is 58.6 Å². The van der Waals surface area contributed by atoms with Crippen molar-refractivity contribution in [2.75, 3.05) is 20.2 Å². The summed E-state index contributed by atoms with van der Waals surface area (Å²) in [6, 6.07) is 17.8. The highest BCUT2D eigenvalue weighted by atomic mass is 16.5. The van der Waals surface area contributed by atoms with Crippen LogP contribution in [0.5, 0.6) is 5.75 Å². The van der Waals surface area contributed by atoms with E-state index in [2.05, 4.69) is 5.32 Å². The quantitative estimate of drug-likeness (QED) is 0.795. The van der Waals surface area contributed by atoms with Gasteiger partial charge in [0.05, 0.1) is 13.0 Å². The van der Waals surface area contributed by atoms with Crippen LogP contribution in [0.15, 0.2) is 54.6 Å². The zero-order valence-corrected chi connectivity index (χ0v) is 17.5. The largest absolute Gasteiger partial charge is 0.497 e. The molecule has 0 bridgehead atoms. The van der Waals surface area contributed by atoms with E-state index in [-0.39, 0.29) is 29.6 Å². The van der Waals surface area contributed by atoms with Crippen molar-refractivity contribution in [2.24, 2.45) is 11.8 Å². The van der Waals surface area contributed by atoms with E-state index in [0.717, 1.165) is 42.6 Å². The minimum Gasteiger partial charge on any atom is -0.497 e. The van der Waals surface area contributed by atoms with Gasteiger partial charge in [-0.15, -0.1) is 0 Å². The van der Waals surface area contributed by atoms with E-state index < -0.39 is 0 Å². The van der Waals surface area contributed by atoms with Crippen LogP contribution in [0.1, 0.15) is 42.7 Å². The summed E-state index contributed by atoms with van der Waals surface area (Å²) in [7, 11) is 1.65. The van der Waals surface area contributed by atoms with Crippen LogP contribution >= 0.6 is 0 Å². The fraction of sp³-hybridized carbons (Fsp3) is 0.440. The molecule has 0 unspecified atom stereocenters. The number of methoxy groups -OCH3 is 1. The van der Waals surface area contributed by atoms with Gasteiger partial charge in [-0.05, 0) is 36.1 Å². The summed E-state index contributed by atoms with van der Waals surface area (Å²) in [4.78, 5) is 28.1. The minimum atomic E-state index is -0.243. The fourth-order valence-corrected chi connectivity index (χ4v) is 4.79. The lowest BCUT2D eigenvalue weighted by molar-refractivity contribution is -0.134. The maximum Gasteiger partial charge on any atom is 0.225 e. The Morgan fingerprint density at radius 3 is 2.37 bits per heavy atom. The Morgan fingerprint density at radius 2 is 1.70 bits per heavy atom. The number of benzene rings is 2. The average Bonchev–Trinajstić information content (AvgIpc) is 3.48. The zero-order chi connectivity index (χ0) is 20.9. The highest BCUT2D eigenvalue weighted by molar-refractivity contribution is 5.84. The predicted octanol–water partition coefficient (Wildman–Crippen LogP) is 3.74. The number of likely N-dealkylation sites (tertiary alicyclic amines) is 1. The number of nitrogens with one attached hydrogen (secondary N) is 1. The molecule has 1 heterocycles. The van der Waals surface area contributed by atoms with Gasteiger partial charge in [-0.25, -0.2) is 0 Å². The lowest BCUT2D eigenvalue weighted by Gasteiger charge is -2.20. The van der Waals surface area contributed by atoms with Gasteiger partial charge in [0.15, 0.2) is 0 Å². The molecule has 1 aliphatic carbocycles. The molecule has 1 aliphatic heterocycles.